The average molecular weight is 630 g/mol. The van der Waals surface area contributed by atoms with Gasteiger partial charge in [0, 0.05) is 50.3 Å². The number of nitrogens with zero attached hydrogens (tertiary/aromatic N) is 1. The zero-order valence-corrected chi connectivity index (χ0v) is 25.6. The monoisotopic (exact) mass is 630 g/mol. The Morgan fingerprint density at radius 3 is 2.12 bits per heavy atom. The number of hydrogen-bond acceptors (Lipinski definition) is 5. The van der Waals surface area contributed by atoms with E-state index in [4.69, 9.17) is 9.31 Å². The van der Waals surface area contributed by atoms with Crippen LogP contribution in [0, 0.1) is 6.07 Å². The Bertz CT molecular complexity index is 1410. The van der Waals surface area contributed by atoms with Crippen molar-refractivity contribution >= 4 is 55.0 Å². The van der Waals surface area contributed by atoms with Gasteiger partial charge in [0.15, 0.2) is 0 Å². The number of carbonyl (C=O) groups excluding carboxylic acids is 1. The Hall–Kier alpha value is -3.35. The maximum absolute atomic E-state index is 10.1. The maximum Gasteiger partial charge on any atom is 0.563 e. The van der Waals surface area contributed by atoms with Gasteiger partial charge in [-0.3, -0.25) is 0 Å². The minimum atomic E-state index is -0.970. The van der Waals surface area contributed by atoms with Crippen molar-refractivity contribution in [2.75, 3.05) is 6.61 Å². The molecular formula is C34H33B2NO4Y-2. The van der Waals surface area contributed by atoms with Gasteiger partial charge in [-0.2, -0.15) is 53.5 Å². The van der Waals surface area contributed by atoms with Crippen molar-refractivity contribution in [1.82, 2.24) is 0 Å². The Morgan fingerprint density at radius 1 is 0.905 bits per heavy atom. The van der Waals surface area contributed by atoms with Gasteiger partial charge in [0.05, 0.1) is 12.0 Å². The molecule has 2 heterocycles. The van der Waals surface area contributed by atoms with Crippen LogP contribution in [0.15, 0.2) is 115 Å². The van der Waals surface area contributed by atoms with Crippen molar-refractivity contribution in [1.29, 1.82) is 0 Å². The molecule has 2 aliphatic heterocycles. The third-order valence-corrected chi connectivity index (χ3v) is 6.32. The number of rotatable bonds is 5. The molecule has 0 unspecified atom stereocenters. The Balaban J connectivity index is 0.000000231. The molecule has 0 bridgehead atoms. The van der Waals surface area contributed by atoms with Crippen molar-refractivity contribution in [3.8, 4) is 0 Å². The molecule has 209 valence electrons. The van der Waals surface area contributed by atoms with Gasteiger partial charge < -0.3 is 19.1 Å². The summed E-state index contributed by atoms with van der Waals surface area (Å²) in [7, 11) is -0.970. The van der Waals surface area contributed by atoms with E-state index in [1.165, 1.54) is 11.9 Å². The van der Waals surface area contributed by atoms with E-state index in [9.17, 15) is 9.82 Å². The standard InChI is InChI=1S/C15H12BNO2.C9H10BO.C9H7O.CH4.Y/c1-2-11-7-9-12(10-8-11)15-17-14-6-4-3-5-13(14)16(18)19-15;1-2-5-9(6-3-1)10-7-4-8-11-10;1-2-8-3-5-9(7-10)6-4-8;;/h2-10,18H,1H2;1-3,5H,4,7-8H2;2-6H,1H2;1H4;/q;2*-1;;. The normalized spacial score (nSPS) is 12.6. The molecule has 5 nitrogen and oxygen atoms in total. The maximum atomic E-state index is 10.1. The van der Waals surface area contributed by atoms with Gasteiger partial charge in [-0.05, 0) is 36.5 Å². The summed E-state index contributed by atoms with van der Waals surface area (Å²) in [4.78, 5) is 14.5. The molecule has 1 saturated heterocycles. The molecule has 0 spiro atoms. The minimum Gasteiger partial charge on any atom is -0.518 e. The van der Waals surface area contributed by atoms with Gasteiger partial charge in [-0.25, -0.2) is 4.99 Å². The van der Waals surface area contributed by atoms with E-state index < -0.39 is 7.12 Å². The third kappa shape index (κ3) is 9.89. The Labute approximate surface area is 275 Å². The van der Waals surface area contributed by atoms with Crippen molar-refractivity contribution in [3.63, 3.8) is 0 Å². The van der Waals surface area contributed by atoms with Gasteiger partial charge >= 0.3 is 14.0 Å². The van der Waals surface area contributed by atoms with Crippen LogP contribution in [-0.2, 0) is 46.8 Å². The van der Waals surface area contributed by atoms with Crippen molar-refractivity contribution in [2.24, 2.45) is 4.99 Å². The number of para-hydroxylation sites is 1. The molecule has 42 heavy (non-hydrogen) atoms. The van der Waals surface area contributed by atoms with Crippen LogP contribution in [0.4, 0.5) is 5.69 Å². The van der Waals surface area contributed by atoms with Crippen LogP contribution in [0.1, 0.15) is 36.1 Å². The van der Waals surface area contributed by atoms with E-state index in [1.54, 1.807) is 36.6 Å². The van der Waals surface area contributed by atoms with Gasteiger partial charge in [-0.15, -0.1) is 12.1 Å². The van der Waals surface area contributed by atoms with E-state index in [0.29, 0.717) is 23.8 Å². The number of aliphatic imine (C=N–C) groups is 1. The molecular weight excluding hydrogens is 597 g/mol. The smallest absolute Gasteiger partial charge is 0.518 e. The summed E-state index contributed by atoms with van der Waals surface area (Å²) in [5.74, 6) is 0.432. The summed E-state index contributed by atoms with van der Waals surface area (Å²) in [5.41, 5.74) is 6.08. The van der Waals surface area contributed by atoms with Crippen molar-refractivity contribution in [2.45, 2.75) is 20.2 Å². The van der Waals surface area contributed by atoms with Crippen LogP contribution >= 0.6 is 0 Å². The number of hydrogen-bond donors (Lipinski definition) is 1. The first-order valence-electron chi connectivity index (χ1n) is 13.1. The van der Waals surface area contributed by atoms with Gasteiger partial charge in [0.2, 0.25) is 5.90 Å². The largest absolute Gasteiger partial charge is 0.563 e. The molecule has 8 heteroatoms. The quantitative estimate of drug-likeness (QED) is 0.229. The fraction of sp³-hybridized carbons (Fsp3) is 0.118. The summed E-state index contributed by atoms with van der Waals surface area (Å²) in [6.07, 6.45) is 7.64. The van der Waals surface area contributed by atoms with Crippen LogP contribution in [0.3, 0.4) is 0 Å². The van der Waals surface area contributed by atoms with E-state index in [1.807, 2.05) is 72.8 Å². The molecule has 0 aromatic heterocycles. The fourth-order valence-corrected chi connectivity index (χ4v) is 4.12. The Morgan fingerprint density at radius 2 is 1.55 bits per heavy atom. The van der Waals surface area contributed by atoms with Crippen LogP contribution in [0.5, 0.6) is 0 Å². The van der Waals surface area contributed by atoms with E-state index in [-0.39, 0.29) is 40.1 Å². The van der Waals surface area contributed by atoms with Crippen LogP contribution in [0.2, 0.25) is 6.32 Å². The molecule has 0 aliphatic carbocycles. The topological polar surface area (TPSA) is 68.1 Å². The van der Waals surface area contributed by atoms with Gasteiger partial charge in [0.25, 0.3) is 0 Å². The van der Waals surface area contributed by atoms with E-state index in [0.717, 1.165) is 35.3 Å². The molecule has 0 atom stereocenters. The Kier molecular flexibility index (Phi) is 15.1. The number of fused-ring (bicyclic) bond motifs is 1. The van der Waals surface area contributed by atoms with Crippen LogP contribution in [0.25, 0.3) is 12.2 Å². The molecule has 4 aromatic carbocycles. The third-order valence-electron chi connectivity index (χ3n) is 6.32. The average Bonchev–Trinajstić information content (AvgIpc) is 3.58. The van der Waals surface area contributed by atoms with Gasteiger partial charge in [-0.1, -0.05) is 68.6 Å². The SMILES string of the molecule is C.C=Cc1ccc(C2=Nc3ccccc3B(O)O2)cc1.C=Cc1ccc([C-]=O)cc1.[Y].[c-]1ccccc1B1CCCO1. The van der Waals surface area contributed by atoms with E-state index in [2.05, 4.69) is 30.3 Å². The predicted octanol–water partition coefficient (Wildman–Crippen LogP) is 5.65. The second-order valence-electron chi connectivity index (χ2n) is 9.02. The first-order chi connectivity index (χ1) is 19.6. The first-order valence-corrected chi connectivity index (χ1v) is 13.1. The molecule has 1 fully saturated rings. The number of benzene rings is 4. The van der Waals surface area contributed by atoms with Gasteiger partial charge in [0.1, 0.15) is 0 Å². The molecule has 2 aliphatic rings. The minimum absolute atomic E-state index is 0. The summed E-state index contributed by atoms with van der Waals surface area (Å²) in [5, 5.41) is 9.97. The van der Waals surface area contributed by atoms with Crippen molar-refractivity contribution < 1.29 is 51.8 Å². The van der Waals surface area contributed by atoms with E-state index >= 15 is 0 Å². The van der Waals surface area contributed by atoms with Crippen LogP contribution < -0.4 is 10.9 Å². The fourth-order valence-electron chi connectivity index (χ4n) is 4.12. The second kappa shape index (κ2) is 18.2. The molecule has 6 rings (SSSR count). The summed E-state index contributed by atoms with van der Waals surface area (Å²) in [6.45, 7) is 8.53. The molecule has 4 aromatic rings. The molecule has 0 saturated carbocycles. The second-order valence-corrected chi connectivity index (χ2v) is 9.02. The molecule has 1 radical (unpaired) electrons. The molecule has 1 N–H and O–H groups in total. The summed E-state index contributed by atoms with van der Waals surface area (Å²) < 4.78 is 11.0. The van der Waals surface area contributed by atoms with Crippen LogP contribution in [-0.4, -0.2) is 37.8 Å². The zero-order valence-electron chi connectivity index (χ0n) is 22.8. The molecule has 0 amide bonds. The zero-order chi connectivity index (χ0) is 28.2. The summed E-state index contributed by atoms with van der Waals surface area (Å²) >= 11 is 0. The predicted molar refractivity (Wildman–Crippen MR) is 172 cm³/mol. The van der Waals surface area contributed by atoms with Crippen molar-refractivity contribution in [3.05, 3.63) is 139 Å². The first kappa shape index (κ1) is 34.9. The summed E-state index contributed by atoms with van der Waals surface area (Å²) in [6, 6.07) is 33.4.